The summed E-state index contributed by atoms with van der Waals surface area (Å²) < 4.78 is 5.47. The number of esters is 1. The van der Waals surface area contributed by atoms with Gasteiger partial charge in [0, 0.05) is 18.4 Å². The molecule has 0 aliphatic carbocycles. The maximum Gasteiger partial charge on any atom is 0.344 e. The third-order valence-electron chi connectivity index (χ3n) is 4.81. The van der Waals surface area contributed by atoms with Crippen molar-refractivity contribution in [3.63, 3.8) is 0 Å². The Kier molecular flexibility index (Phi) is 4.94. The molecule has 0 aromatic heterocycles. The number of hydrogen-bond donors (Lipinski definition) is 1. The van der Waals surface area contributed by atoms with Crippen molar-refractivity contribution in [1.29, 1.82) is 0 Å². The fourth-order valence-electron chi connectivity index (χ4n) is 3.67. The van der Waals surface area contributed by atoms with Crippen LogP contribution in [0.3, 0.4) is 0 Å². The molecule has 1 saturated heterocycles. The number of ether oxygens (including phenoxy) is 1. The summed E-state index contributed by atoms with van der Waals surface area (Å²) in [6.45, 7) is 1.94. The van der Waals surface area contributed by atoms with Crippen LogP contribution < -0.4 is 0 Å². The maximum atomic E-state index is 12.6. The minimum Gasteiger partial charge on any atom is -0.460 e. The van der Waals surface area contributed by atoms with Crippen LogP contribution in [0.2, 0.25) is 0 Å². The number of fused-ring (bicyclic) bond motifs is 1. The highest BCUT2D eigenvalue weighted by Crippen LogP contribution is 2.35. The zero-order chi connectivity index (χ0) is 17.1. The van der Waals surface area contributed by atoms with Crippen molar-refractivity contribution in [3.05, 3.63) is 35.9 Å². The summed E-state index contributed by atoms with van der Waals surface area (Å²) in [5.41, 5.74) is 1.44. The van der Waals surface area contributed by atoms with Gasteiger partial charge in [0.2, 0.25) is 0 Å². The summed E-state index contributed by atoms with van der Waals surface area (Å²) in [6, 6.07) is 8.94. The van der Waals surface area contributed by atoms with E-state index in [2.05, 4.69) is 4.99 Å². The standard InChI is InChI=1S/C18H22N2O4/c1-12-16(17(22)24-11-13-5-3-2-4-6-13)15-8-7-14(9-10-21)20(15)18(23)19-12/h2-6,14-16,21H,7-11H2,1H3/t14-,15-,16?/m0/s1. The summed E-state index contributed by atoms with van der Waals surface area (Å²) in [5.74, 6) is -0.859. The Balaban J connectivity index is 1.73. The molecule has 128 valence electrons. The summed E-state index contributed by atoms with van der Waals surface area (Å²) in [5, 5.41) is 9.18. The number of urea groups is 1. The Morgan fingerprint density at radius 2 is 2.08 bits per heavy atom. The lowest BCUT2D eigenvalue weighted by molar-refractivity contribution is -0.149. The number of aliphatic hydroxyl groups is 1. The summed E-state index contributed by atoms with van der Waals surface area (Å²) in [6.07, 6.45) is 2.03. The van der Waals surface area contributed by atoms with Crippen LogP contribution in [-0.2, 0) is 16.1 Å². The van der Waals surface area contributed by atoms with Crippen molar-refractivity contribution in [3.8, 4) is 0 Å². The first-order chi connectivity index (χ1) is 11.6. The molecule has 3 rings (SSSR count). The van der Waals surface area contributed by atoms with Crippen LogP contribution in [0.15, 0.2) is 35.3 Å². The third-order valence-corrected chi connectivity index (χ3v) is 4.81. The lowest BCUT2D eigenvalue weighted by Gasteiger charge is -2.36. The number of aliphatic hydroxyl groups excluding tert-OH is 1. The Bertz CT molecular complexity index is 644. The molecule has 24 heavy (non-hydrogen) atoms. The van der Waals surface area contributed by atoms with Crippen LogP contribution in [-0.4, -0.2) is 46.4 Å². The number of benzene rings is 1. The van der Waals surface area contributed by atoms with Crippen molar-refractivity contribution in [2.75, 3.05) is 6.61 Å². The normalized spacial score (nSPS) is 26.1. The van der Waals surface area contributed by atoms with E-state index in [0.29, 0.717) is 12.1 Å². The van der Waals surface area contributed by atoms with E-state index in [0.717, 1.165) is 18.4 Å². The van der Waals surface area contributed by atoms with Gasteiger partial charge in [-0.15, -0.1) is 0 Å². The van der Waals surface area contributed by atoms with Gasteiger partial charge in [-0.2, -0.15) is 0 Å². The SMILES string of the molecule is CC1=NC(=O)N2[C@H](CCO)CC[C@H]2C1C(=O)OCc1ccccc1. The molecule has 0 radical (unpaired) electrons. The quantitative estimate of drug-likeness (QED) is 0.839. The van der Waals surface area contributed by atoms with Crippen LogP contribution in [0.4, 0.5) is 4.79 Å². The smallest absolute Gasteiger partial charge is 0.344 e. The van der Waals surface area contributed by atoms with Crippen molar-refractivity contribution < 1.29 is 19.4 Å². The monoisotopic (exact) mass is 330 g/mol. The number of hydrogen-bond acceptors (Lipinski definition) is 4. The molecular weight excluding hydrogens is 308 g/mol. The molecule has 2 heterocycles. The van der Waals surface area contributed by atoms with Crippen LogP contribution in [0.25, 0.3) is 0 Å². The van der Waals surface area contributed by atoms with Crippen LogP contribution in [0.5, 0.6) is 0 Å². The number of carbonyl (C=O) groups is 2. The Labute approximate surface area is 141 Å². The van der Waals surface area contributed by atoms with Gasteiger partial charge in [0.15, 0.2) is 0 Å². The molecule has 2 aliphatic heterocycles. The molecule has 0 spiro atoms. The van der Waals surface area contributed by atoms with Gasteiger partial charge in [0.25, 0.3) is 0 Å². The minimum atomic E-state index is -0.518. The summed E-state index contributed by atoms with van der Waals surface area (Å²) in [7, 11) is 0. The number of aliphatic imine (C=N–C) groups is 1. The molecule has 6 nitrogen and oxygen atoms in total. The Morgan fingerprint density at radius 1 is 1.33 bits per heavy atom. The lowest BCUT2D eigenvalue weighted by Crippen LogP contribution is -2.51. The maximum absolute atomic E-state index is 12.6. The van der Waals surface area contributed by atoms with Gasteiger partial charge >= 0.3 is 12.0 Å². The average Bonchev–Trinajstić information content (AvgIpc) is 2.98. The number of nitrogens with zero attached hydrogens (tertiary/aromatic N) is 2. The van der Waals surface area contributed by atoms with Gasteiger partial charge in [0.05, 0.1) is 6.04 Å². The van der Waals surface area contributed by atoms with Crippen molar-refractivity contribution in [2.24, 2.45) is 10.9 Å². The molecule has 1 N–H and O–H groups in total. The predicted octanol–water partition coefficient (Wildman–Crippen LogP) is 2.16. The van der Waals surface area contributed by atoms with E-state index in [-0.39, 0.29) is 37.3 Å². The van der Waals surface area contributed by atoms with Crippen molar-refractivity contribution in [2.45, 2.75) is 44.9 Å². The Morgan fingerprint density at radius 3 is 2.79 bits per heavy atom. The summed E-state index contributed by atoms with van der Waals surface area (Å²) in [4.78, 5) is 30.5. The number of rotatable bonds is 5. The second kappa shape index (κ2) is 7.13. The molecule has 0 saturated carbocycles. The van der Waals surface area contributed by atoms with Crippen LogP contribution >= 0.6 is 0 Å². The van der Waals surface area contributed by atoms with Crippen molar-refractivity contribution >= 4 is 17.7 Å². The largest absolute Gasteiger partial charge is 0.460 e. The average molecular weight is 330 g/mol. The molecule has 1 fully saturated rings. The zero-order valence-electron chi connectivity index (χ0n) is 13.7. The molecule has 3 atom stereocenters. The third kappa shape index (κ3) is 3.19. The van der Waals surface area contributed by atoms with Crippen LogP contribution in [0, 0.1) is 5.92 Å². The highest BCUT2D eigenvalue weighted by atomic mass is 16.5. The topological polar surface area (TPSA) is 79.2 Å². The van der Waals surface area contributed by atoms with Gasteiger partial charge in [-0.05, 0) is 31.7 Å². The molecule has 6 heteroatoms. The first-order valence-corrected chi connectivity index (χ1v) is 8.30. The molecule has 1 aromatic carbocycles. The minimum absolute atomic E-state index is 0.0208. The van der Waals surface area contributed by atoms with E-state index in [1.54, 1.807) is 11.8 Å². The molecule has 2 aliphatic rings. The molecule has 1 aromatic rings. The van der Waals surface area contributed by atoms with Gasteiger partial charge in [-0.25, -0.2) is 9.79 Å². The van der Waals surface area contributed by atoms with E-state index in [1.807, 2.05) is 30.3 Å². The summed E-state index contributed by atoms with van der Waals surface area (Å²) >= 11 is 0. The number of amides is 2. The van der Waals surface area contributed by atoms with E-state index in [1.165, 1.54) is 0 Å². The van der Waals surface area contributed by atoms with Gasteiger partial charge in [-0.3, -0.25) is 4.79 Å². The van der Waals surface area contributed by atoms with Crippen LogP contribution in [0.1, 0.15) is 31.7 Å². The fraction of sp³-hybridized carbons (Fsp3) is 0.500. The second-order valence-corrected chi connectivity index (χ2v) is 6.32. The lowest BCUT2D eigenvalue weighted by atomic mass is 9.92. The molecular formula is C18H22N2O4. The van der Waals surface area contributed by atoms with E-state index in [4.69, 9.17) is 4.74 Å². The van der Waals surface area contributed by atoms with E-state index < -0.39 is 5.92 Å². The highest BCUT2D eigenvalue weighted by Gasteiger charge is 2.48. The number of carbonyl (C=O) groups excluding carboxylic acids is 2. The van der Waals surface area contributed by atoms with Gasteiger partial charge < -0.3 is 14.7 Å². The van der Waals surface area contributed by atoms with Crippen molar-refractivity contribution in [1.82, 2.24) is 4.90 Å². The van der Waals surface area contributed by atoms with Gasteiger partial charge in [0.1, 0.15) is 12.5 Å². The first-order valence-electron chi connectivity index (χ1n) is 8.30. The van der Waals surface area contributed by atoms with E-state index >= 15 is 0 Å². The predicted molar refractivity (Wildman–Crippen MR) is 88.6 cm³/mol. The highest BCUT2D eigenvalue weighted by molar-refractivity contribution is 6.08. The zero-order valence-corrected chi connectivity index (χ0v) is 13.7. The molecule has 2 amide bonds. The van der Waals surface area contributed by atoms with Gasteiger partial charge in [-0.1, -0.05) is 30.3 Å². The second-order valence-electron chi connectivity index (χ2n) is 6.32. The Hall–Kier alpha value is -2.21. The molecule has 0 bridgehead atoms. The first kappa shape index (κ1) is 16.6. The molecule has 1 unspecified atom stereocenters. The van der Waals surface area contributed by atoms with E-state index in [9.17, 15) is 14.7 Å². The fourth-order valence-corrected chi connectivity index (χ4v) is 3.67.